The highest BCUT2D eigenvalue weighted by Crippen LogP contribution is 2.41. The number of carbonyl (C=O) groups is 1. The van der Waals surface area contributed by atoms with Crippen LogP contribution in [0.3, 0.4) is 0 Å². The number of rotatable bonds is 5. The predicted molar refractivity (Wildman–Crippen MR) is 82.8 cm³/mol. The maximum absolute atomic E-state index is 11.0. The maximum atomic E-state index is 11.0. The van der Waals surface area contributed by atoms with Crippen molar-refractivity contribution in [1.82, 2.24) is 9.55 Å². The molecule has 1 aromatic carbocycles. The van der Waals surface area contributed by atoms with E-state index in [0.29, 0.717) is 17.5 Å². The Morgan fingerprint density at radius 2 is 2.19 bits per heavy atom. The van der Waals surface area contributed by atoms with Gasteiger partial charge in [0.05, 0.1) is 22.5 Å². The Hall–Kier alpha value is -1.55. The lowest BCUT2D eigenvalue weighted by Gasteiger charge is -2.22. The fourth-order valence-corrected chi connectivity index (χ4v) is 3.17. The van der Waals surface area contributed by atoms with Crippen LogP contribution in [0.25, 0.3) is 11.0 Å². The number of halogens is 1. The highest BCUT2D eigenvalue weighted by molar-refractivity contribution is 6.35. The lowest BCUT2D eigenvalue weighted by molar-refractivity contribution is -0.139. The van der Waals surface area contributed by atoms with Crippen LogP contribution in [-0.2, 0) is 11.2 Å². The van der Waals surface area contributed by atoms with Crippen LogP contribution in [0.4, 0.5) is 0 Å². The van der Waals surface area contributed by atoms with E-state index < -0.39 is 5.97 Å². The van der Waals surface area contributed by atoms with Crippen LogP contribution in [-0.4, -0.2) is 20.6 Å². The Morgan fingerprint density at radius 3 is 2.81 bits per heavy atom. The molecule has 1 fully saturated rings. The van der Waals surface area contributed by atoms with E-state index in [2.05, 4.69) is 4.57 Å². The third-order valence-corrected chi connectivity index (χ3v) is 4.22. The lowest BCUT2D eigenvalue weighted by Crippen LogP contribution is -2.21. The molecule has 0 radical (unpaired) electrons. The third-order valence-electron chi connectivity index (χ3n) is 3.91. The predicted octanol–water partition coefficient (Wildman–Crippen LogP) is 4.07. The van der Waals surface area contributed by atoms with Gasteiger partial charge in [0.1, 0.15) is 5.82 Å². The molecule has 0 unspecified atom stereocenters. The molecule has 4 nitrogen and oxygen atoms in total. The lowest BCUT2D eigenvalue weighted by atomic mass is 9.85. The average molecular weight is 307 g/mol. The van der Waals surface area contributed by atoms with Crippen molar-refractivity contribution in [2.45, 2.75) is 45.6 Å². The average Bonchev–Trinajstić information content (AvgIpc) is 3.10. The molecular formula is C16H19ClN2O2. The van der Waals surface area contributed by atoms with Crippen molar-refractivity contribution in [2.75, 3.05) is 0 Å². The largest absolute Gasteiger partial charge is 0.481 e. The summed E-state index contributed by atoms with van der Waals surface area (Å²) in [5.41, 5.74) is 1.56. The van der Waals surface area contributed by atoms with Crippen molar-refractivity contribution in [2.24, 2.45) is 5.41 Å². The molecule has 1 heterocycles. The number of carboxylic acid groups (broad SMARTS) is 1. The zero-order valence-electron chi connectivity index (χ0n) is 12.3. The molecule has 112 valence electrons. The molecule has 1 saturated carbocycles. The Kier molecular flexibility index (Phi) is 3.44. The Balaban J connectivity index is 2.04. The van der Waals surface area contributed by atoms with Crippen molar-refractivity contribution >= 4 is 28.6 Å². The van der Waals surface area contributed by atoms with E-state index in [0.717, 1.165) is 29.7 Å². The van der Waals surface area contributed by atoms with E-state index >= 15 is 0 Å². The van der Waals surface area contributed by atoms with Gasteiger partial charge in [-0.25, -0.2) is 4.98 Å². The normalized spacial score (nSPS) is 15.6. The van der Waals surface area contributed by atoms with Gasteiger partial charge in [-0.15, -0.1) is 0 Å². The Bertz CT molecular complexity index is 702. The van der Waals surface area contributed by atoms with E-state index in [9.17, 15) is 4.79 Å². The van der Waals surface area contributed by atoms with Crippen LogP contribution >= 0.6 is 11.6 Å². The Morgan fingerprint density at radius 1 is 1.48 bits per heavy atom. The molecule has 1 aliphatic carbocycles. The maximum Gasteiger partial charge on any atom is 0.303 e. The Labute approximate surface area is 128 Å². The van der Waals surface area contributed by atoms with Crippen molar-refractivity contribution in [3.05, 3.63) is 29.0 Å². The summed E-state index contributed by atoms with van der Waals surface area (Å²) in [4.78, 5) is 15.7. The number of nitrogens with zero attached hydrogens (tertiary/aromatic N) is 2. The second-order valence-corrected chi connectivity index (χ2v) is 7.06. The third kappa shape index (κ3) is 2.91. The number of aliphatic carboxylic acids is 1. The number of para-hydroxylation sites is 1. The molecule has 5 heteroatoms. The second kappa shape index (κ2) is 5.02. The highest BCUT2D eigenvalue weighted by atomic mass is 35.5. The molecule has 0 atom stereocenters. The first kappa shape index (κ1) is 14.4. The first-order valence-electron chi connectivity index (χ1n) is 7.24. The minimum atomic E-state index is -0.771. The van der Waals surface area contributed by atoms with Gasteiger partial charge in [0.15, 0.2) is 0 Å². The number of fused-ring (bicyclic) bond motifs is 1. The van der Waals surface area contributed by atoms with Gasteiger partial charge >= 0.3 is 5.97 Å². The summed E-state index contributed by atoms with van der Waals surface area (Å²) < 4.78 is 2.22. The van der Waals surface area contributed by atoms with Gasteiger partial charge in [-0.05, 0) is 30.4 Å². The number of hydrogen-bond acceptors (Lipinski definition) is 2. The zero-order valence-corrected chi connectivity index (χ0v) is 13.0. The standard InChI is InChI=1S/C16H19ClN2O2/c1-16(2,9-14(20)21)8-13-18-12-5-3-4-11(17)15(12)19(13)10-6-7-10/h3-5,10H,6-9H2,1-2H3,(H,20,21). The molecule has 1 N–H and O–H groups in total. The van der Waals surface area contributed by atoms with Crippen molar-refractivity contribution < 1.29 is 9.90 Å². The van der Waals surface area contributed by atoms with E-state index in [1.54, 1.807) is 0 Å². The van der Waals surface area contributed by atoms with E-state index in [-0.39, 0.29) is 11.8 Å². The molecule has 21 heavy (non-hydrogen) atoms. The summed E-state index contributed by atoms with van der Waals surface area (Å²) in [6, 6.07) is 6.22. The molecular weight excluding hydrogens is 288 g/mol. The molecule has 0 amide bonds. The molecule has 0 spiro atoms. The van der Waals surface area contributed by atoms with Crippen molar-refractivity contribution in [3.63, 3.8) is 0 Å². The van der Waals surface area contributed by atoms with Gasteiger partial charge in [-0.3, -0.25) is 4.79 Å². The van der Waals surface area contributed by atoms with Gasteiger partial charge in [0.2, 0.25) is 0 Å². The van der Waals surface area contributed by atoms with E-state index in [4.69, 9.17) is 21.7 Å². The van der Waals surface area contributed by atoms with E-state index in [1.807, 2.05) is 32.0 Å². The topological polar surface area (TPSA) is 55.1 Å². The summed E-state index contributed by atoms with van der Waals surface area (Å²) in [6.45, 7) is 3.94. The van der Waals surface area contributed by atoms with Gasteiger partial charge in [-0.1, -0.05) is 31.5 Å². The number of hydrogen-bond donors (Lipinski definition) is 1. The minimum absolute atomic E-state index is 0.134. The van der Waals surface area contributed by atoms with Gasteiger partial charge in [-0.2, -0.15) is 0 Å². The highest BCUT2D eigenvalue weighted by Gasteiger charge is 2.32. The summed E-state index contributed by atoms with van der Waals surface area (Å²) in [7, 11) is 0. The summed E-state index contributed by atoms with van der Waals surface area (Å²) in [5.74, 6) is 0.180. The van der Waals surface area contributed by atoms with Crippen LogP contribution in [0.1, 0.15) is 45.0 Å². The SMILES string of the molecule is CC(C)(CC(=O)O)Cc1nc2cccc(Cl)c2n1C1CC1. The number of aromatic nitrogens is 2. The molecule has 2 aromatic rings. The molecule has 1 aromatic heterocycles. The summed E-state index contributed by atoms with van der Waals surface area (Å²) in [6.07, 6.45) is 3.06. The van der Waals surface area contributed by atoms with Gasteiger partial charge in [0.25, 0.3) is 0 Å². The van der Waals surface area contributed by atoms with Crippen LogP contribution in [0.5, 0.6) is 0 Å². The molecule has 1 aliphatic rings. The molecule has 0 aliphatic heterocycles. The van der Waals surface area contributed by atoms with Crippen LogP contribution in [0.2, 0.25) is 5.02 Å². The van der Waals surface area contributed by atoms with Crippen molar-refractivity contribution in [3.8, 4) is 0 Å². The van der Waals surface area contributed by atoms with Gasteiger partial charge in [0, 0.05) is 12.5 Å². The summed E-state index contributed by atoms with van der Waals surface area (Å²) in [5, 5.41) is 9.77. The van der Waals surface area contributed by atoms with Crippen LogP contribution in [0, 0.1) is 5.41 Å². The smallest absolute Gasteiger partial charge is 0.303 e. The van der Waals surface area contributed by atoms with Crippen LogP contribution in [0.15, 0.2) is 18.2 Å². The minimum Gasteiger partial charge on any atom is -0.481 e. The summed E-state index contributed by atoms with van der Waals surface area (Å²) >= 11 is 6.35. The first-order chi connectivity index (χ1) is 9.87. The quantitative estimate of drug-likeness (QED) is 0.906. The molecule has 3 rings (SSSR count). The number of imidazole rings is 1. The zero-order chi connectivity index (χ0) is 15.2. The fraction of sp³-hybridized carbons (Fsp3) is 0.500. The number of carboxylic acids is 1. The molecule has 0 bridgehead atoms. The van der Waals surface area contributed by atoms with Gasteiger partial charge < -0.3 is 9.67 Å². The first-order valence-corrected chi connectivity index (χ1v) is 7.62. The molecule has 0 saturated heterocycles. The van der Waals surface area contributed by atoms with Crippen LogP contribution < -0.4 is 0 Å². The number of benzene rings is 1. The van der Waals surface area contributed by atoms with E-state index in [1.165, 1.54) is 0 Å². The van der Waals surface area contributed by atoms with Crippen molar-refractivity contribution in [1.29, 1.82) is 0 Å². The fourth-order valence-electron chi connectivity index (χ4n) is 2.91. The monoisotopic (exact) mass is 306 g/mol. The second-order valence-electron chi connectivity index (χ2n) is 6.65.